The van der Waals surface area contributed by atoms with Gasteiger partial charge in [-0.1, -0.05) is 26.8 Å². The molecule has 1 aromatic rings. The fourth-order valence-electron chi connectivity index (χ4n) is 1.47. The van der Waals surface area contributed by atoms with Gasteiger partial charge >= 0.3 is 0 Å². The highest BCUT2D eigenvalue weighted by molar-refractivity contribution is 5.37. The summed E-state index contributed by atoms with van der Waals surface area (Å²) in [5, 5.41) is 0. The van der Waals surface area contributed by atoms with Crippen molar-refractivity contribution in [3.63, 3.8) is 0 Å². The molecular weight excluding hydrogens is 179 g/mol. The minimum atomic E-state index is -0.175. The smallest absolute Gasteiger partial charge is 0.130 e. The summed E-state index contributed by atoms with van der Waals surface area (Å²) in [6.07, 6.45) is 0. The molecular formula is C12H17FO. The van der Waals surface area contributed by atoms with Crippen LogP contribution in [0.25, 0.3) is 0 Å². The van der Waals surface area contributed by atoms with Crippen LogP contribution < -0.4 is 4.74 Å². The van der Waals surface area contributed by atoms with Crippen LogP contribution in [0.15, 0.2) is 18.2 Å². The molecule has 0 saturated carbocycles. The first-order valence-electron chi connectivity index (χ1n) is 4.90. The first-order valence-corrected chi connectivity index (χ1v) is 4.90. The average Bonchev–Trinajstić information content (AvgIpc) is 2.16. The molecule has 0 amide bonds. The fourth-order valence-corrected chi connectivity index (χ4v) is 1.47. The Kier molecular flexibility index (Phi) is 3.50. The van der Waals surface area contributed by atoms with Gasteiger partial charge in [0.25, 0.3) is 0 Å². The molecule has 1 aromatic carbocycles. The van der Waals surface area contributed by atoms with Crippen LogP contribution in [-0.4, -0.2) is 7.11 Å². The minimum absolute atomic E-state index is 0.172. The van der Waals surface area contributed by atoms with Crippen molar-refractivity contribution in [2.24, 2.45) is 5.92 Å². The maximum absolute atomic E-state index is 13.6. The summed E-state index contributed by atoms with van der Waals surface area (Å²) in [5.41, 5.74) is 0.685. The molecule has 0 aromatic heterocycles. The molecule has 14 heavy (non-hydrogen) atoms. The van der Waals surface area contributed by atoms with Gasteiger partial charge in [-0.2, -0.15) is 0 Å². The third-order valence-electron chi connectivity index (χ3n) is 2.69. The maximum Gasteiger partial charge on any atom is 0.130 e. The van der Waals surface area contributed by atoms with Gasteiger partial charge in [0.15, 0.2) is 0 Å². The molecule has 1 nitrogen and oxygen atoms in total. The molecule has 78 valence electrons. The molecule has 1 rings (SSSR count). The van der Waals surface area contributed by atoms with Crippen molar-refractivity contribution >= 4 is 0 Å². The molecule has 0 aliphatic carbocycles. The molecule has 2 heteroatoms. The Labute approximate surface area is 84.9 Å². The standard InChI is InChI=1S/C12H17FO/c1-8(2)9(3)12-10(13)6-5-7-11(12)14-4/h5-9H,1-4H3. The summed E-state index contributed by atoms with van der Waals surface area (Å²) in [5.74, 6) is 1.05. The van der Waals surface area contributed by atoms with E-state index in [1.54, 1.807) is 19.2 Å². The lowest BCUT2D eigenvalue weighted by Gasteiger charge is -2.19. The number of ether oxygens (including phenoxy) is 1. The van der Waals surface area contributed by atoms with Crippen molar-refractivity contribution in [3.8, 4) is 5.75 Å². The lowest BCUT2D eigenvalue weighted by molar-refractivity contribution is 0.390. The zero-order valence-electron chi connectivity index (χ0n) is 9.17. The van der Waals surface area contributed by atoms with Gasteiger partial charge in [-0.15, -0.1) is 0 Å². The first kappa shape index (κ1) is 11.0. The zero-order chi connectivity index (χ0) is 10.7. The number of rotatable bonds is 3. The highest BCUT2D eigenvalue weighted by Crippen LogP contribution is 2.33. The van der Waals surface area contributed by atoms with Gasteiger partial charge in [-0.05, 0) is 24.0 Å². The summed E-state index contributed by atoms with van der Waals surface area (Å²) >= 11 is 0. The lowest BCUT2D eigenvalue weighted by atomic mass is 9.89. The zero-order valence-corrected chi connectivity index (χ0v) is 9.17. The molecule has 0 aliphatic heterocycles. The van der Waals surface area contributed by atoms with E-state index in [4.69, 9.17) is 4.74 Å². The number of methoxy groups -OCH3 is 1. The lowest BCUT2D eigenvalue weighted by Crippen LogP contribution is -2.06. The Morgan fingerprint density at radius 1 is 1.21 bits per heavy atom. The van der Waals surface area contributed by atoms with Crippen molar-refractivity contribution < 1.29 is 9.13 Å². The van der Waals surface area contributed by atoms with E-state index in [1.165, 1.54) is 6.07 Å². The molecule has 0 aliphatic rings. The van der Waals surface area contributed by atoms with Crippen LogP contribution in [0.2, 0.25) is 0 Å². The highest BCUT2D eigenvalue weighted by Gasteiger charge is 2.18. The van der Waals surface area contributed by atoms with E-state index in [0.717, 1.165) is 0 Å². The maximum atomic E-state index is 13.6. The van der Waals surface area contributed by atoms with E-state index >= 15 is 0 Å². The molecule has 1 unspecified atom stereocenters. The summed E-state index contributed by atoms with van der Waals surface area (Å²) in [6.45, 7) is 6.18. The summed E-state index contributed by atoms with van der Waals surface area (Å²) in [4.78, 5) is 0. The van der Waals surface area contributed by atoms with Crippen LogP contribution in [0.3, 0.4) is 0 Å². The number of hydrogen-bond acceptors (Lipinski definition) is 1. The van der Waals surface area contributed by atoms with E-state index in [-0.39, 0.29) is 11.7 Å². The Hall–Kier alpha value is -1.05. The predicted molar refractivity (Wildman–Crippen MR) is 56.2 cm³/mol. The van der Waals surface area contributed by atoms with Gasteiger partial charge in [-0.3, -0.25) is 0 Å². The normalized spacial score (nSPS) is 13.0. The third kappa shape index (κ3) is 2.06. The van der Waals surface area contributed by atoms with Crippen molar-refractivity contribution in [1.29, 1.82) is 0 Å². The van der Waals surface area contributed by atoms with E-state index in [1.807, 2.05) is 6.92 Å². The second kappa shape index (κ2) is 4.45. The summed E-state index contributed by atoms with van der Waals surface area (Å²) in [7, 11) is 1.57. The first-order chi connectivity index (χ1) is 6.57. The summed E-state index contributed by atoms with van der Waals surface area (Å²) in [6, 6.07) is 4.96. The Balaban J connectivity index is 3.16. The van der Waals surface area contributed by atoms with Crippen molar-refractivity contribution in [2.45, 2.75) is 26.7 Å². The van der Waals surface area contributed by atoms with Crippen molar-refractivity contribution in [1.82, 2.24) is 0 Å². The van der Waals surface area contributed by atoms with Crippen molar-refractivity contribution in [3.05, 3.63) is 29.6 Å². The largest absolute Gasteiger partial charge is 0.496 e. The topological polar surface area (TPSA) is 9.23 Å². The number of benzene rings is 1. The number of halogens is 1. The van der Waals surface area contributed by atoms with Gasteiger partial charge in [0.1, 0.15) is 11.6 Å². The van der Waals surface area contributed by atoms with Crippen LogP contribution in [0.4, 0.5) is 4.39 Å². The molecule has 0 spiro atoms. The van der Waals surface area contributed by atoms with Crippen LogP contribution >= 0.6 is 0 Å². The van der Waals surface area contributed by atoms with Crippen LogP contribution in [0.5, 0.6) is 5.75 Å². The summed E-state index contributed by atoms with van der Waals surface area (Å²) < 4.78 is 18.7. The number of hydrogen-bond donors (Lipinski definition) is 0. The van der Waals surface area contributed by atoms with Crippen LogP contribution in [0, 0.1) is 11.7 Å². The van der Waals surface area contributed by atoms with Crippen LogP contribution in [-0.2, 0) is 0 Å². The van der Waals surface area contributed by atoms with Gasteiger partial charge in [-0.25, -0.2) is 4.39 Å². The van der Waals surface area contributed by atoms with Crippen LogP contribution in [0.1, 0.15) is 32.3 Å². The van der Waals surface area contributed by atoms with E-state index in [9.17, 15) is 4.39 Å². The Morgan fingerprint density at radius 2 is 1.86 bits per heavy atom. The monoisotopic (exact) mass is 196 g/mol. The molecule has 1 atom stereocenters. The van der Waals surface area contributed by atoms with Gasteiger partial charge in [0.2, 0.25) is 0 Å². The van der Waals surface area contributed by atoms with E-state index in [0.29, 0.717) is 17.2 Å². The van der Waals surface area contributed by atoms with Crippen molar-refractivity contribution in [2.75, 3.05) is 7.11 Å². The predicted octanol–water partition coefficient (Wildman–Crippen LogP) is 3.59. The van der Waals surface area contributed by atoms with Gasteiger partial charge < -0.3 is 4.74 Å². The Morgan fingerprint density at radius 3 is 2.36 bits per heavy atom. The van der Waals surface area contributed by atoms with Gasteiger partial charge in [0.05, 0.1) is 7.11 Å². The molecule has 0 radical (unpaired) electrons. The van der Waals surface area contributed by atoms with E-state index in [2.05, 4.69) is 13.8 Å². The van der Waals surface area contributed by atoms with Gasteiger partial charge in [0, 0.05) is 5.56 Å². The highest BCUT2D eigenvalue weighted by atomic mass is 19.1. The Bertz CT molecular complexity index is 307. The molecule has 0 bridgehead atoms. The fraction of sp³-hybridized carbons (Fsp3) is 0.500. The molecule has 0 saturated heterocycles. The minimum Gasteiger partial charge on any atom is -0.496 e. The SMILES string of the molecule is COc1cccc(F)c1C(C)C(C)C. The molecule has 0 heterocycles. The van der Waals surface area contributed by atoms with E-state index < -0.39 is 0 Å². The molecule has 0 fully saturated rings. The third-order valence-corrected chi connectivity index (χ3v) is 2.69. The quantitative estimate of drug-likeness (QED) is 0.717. The second-order valence-corrected chi connectivity index (χ2v) is 3.89. The average molecular weight is 196 g/mol. The molecule has 0 N–H and O–H groups in total. The second-order valence-electron chi connectivity index (χ2n) is 3.89.